The van der Waals surface area contributed by atoms with Gasteiger partial charge in [0.25, 0.3) is 0 Å². The summed E-state index contributed by atoms with van der Waals surface area (Å²) in [7, 11) is 0. The van der Waals surface area contributed by atoms with E-state index in [2.05, 4.69) is 33.4 Å². The molecule has 118 valence electrons. The summed E-state index contributed by atoms with van der Waals surface area (Å²) in [4.78, 5) is 4.59. The maximum atomic E-state index is 9.30. The molecule has 1 aromatic carbocycles. The van der Waals surface area contributed by atoms with Gasteiger partial charge in [-0.05, 0) is 30.4 Å². The molecule has 3 rings (SSSR count). The minimum absolute atomic E-state index is 0.382. The number of fused-ring (bicyclic) bond motifs is 1. The molecule has 0 saturated heterocycles. The molecular weight excluding hydrogens is 320 g/mol. The summed E-state index contributed by atoms with van der Waals surface area (Å²) in [5, 5.41) is 20.9. The van der Waals surface area contributed by atoms with Crippen LogP contribution in [0.3, 0.4) is 0 Å². The van der Waals surface area contributed by atoms with E-state index >= 15 is 0 Å². The van der Waals surface area contributed by atoms with Crippen molar-refractivity contribution >= 4 is 34.1 Å². The Morgan fingerprint density at radius 2 is 2.17 bits per heavy atom. The summed E-state index contributed by atoms with van der Waals surface area (Å²) in [5.41, 5.74) is 1.23. The summed E-state index contributed by atoms with van der Waals surface area (Å²) in [6, 6.07) is 13.7. The Kier molecular flexibility index (Phi) is 4.50. The molecule has 0 radical (unpaired) electrons. The van der Waals surface area contributed by atoms with Crippen LogP contribution in [-0.4, -0.2) is 26.4 Å². The number of rotatable bonds is 4. The van der Waals surface area contributed by atoms with Crippen LogP contribution in [0.15, 0.2) is 55.3 Å². The highest BCUT2D eigenvalue weighted by atomic mass is 32.1. The van der Waals surface area contributed by atoms with Crippen molar-refractivity contribution < 1.29 is 0 Å². The number of nitrogens with one attached hydrogen (secondary N) is 2. The molecule has 7 heteroatoms. The first-order chi connectivity index (χ1) is 11.7. The smallest absolute Gasteiger partial charge is 0.172 e. The van der Waals surface area contributed by atoms with Crippen molar-refractivity contribution in [3.63, 3.8) is 0 Å². The van der Waals surface area contributed by atoms with Crippen molar-refractivity contribution in [2.45, 2.75) is 0 Å². The van der Waals surface area contributed by atoms with Crippen LogP contribution in [0.5, 0.6) is 0 Å². The normalized spacial score (nSPS) is 10.1. The molecule has 0 spiro atoms. The topological polar surface area (TPSA) is 78.6 Å². The van der Waals surface area contributed by atoms with E-state index in [4.69, 9.17) is 12.2 Å². The lowest BCUT2D eigenvalue weighted by Crippen LogP contribution is -2.29. The van der Waals surface area contributed by atoms with Gasteiger partial charge >= 0.3 is 0 Å². The number of para-hydroxylation sites is 1. The second-order valence-corrected chi connectivity index (χ2v) is 5.32. The van der Waals surface area contributed by atoms with Gasteiger partial charge in [0.1, 0.15) is 11.6 Å². The van der Waals surface area contributed by atoms with Crippen molar-refractivity contribution in [3.8, 4) is 11.9 Å². The molecule has 2 N–H and O–H groups in total. The van der Waals surface area contributed by atoms with Crippen molar-refractivity contribution in [1.82, 2.24) is 20.1 Å². The highest BCUT2D eigenvalue weighted by Crippen LogP contribution is 2.20. The van der Waals surface area contributed by atoms with Crippen LogP contribution in [0, 0.1) is 11.3 Å². The first kappa shape index (κ1) is 15.6. The Morgan fingerprint density at radius 1 is 1.33 bits per heavy atom. The highest BCUT2D eigenvalue weighted by molar-refractivity contribution is 7.80. The van der Waals surface area contributed by atoms with Crippen LogP contribution in [0.1, 0.15) is 5.56 Å². The Balaban J connectivity index is 2.00. The monoisotopic (exact) mass is 334 g/mol. The van der Waals surface area contributed by atoms with Gasteiger partial charge in [0.2, 0.25) is 0 Å². The molecule has 0 aliphatic heterocycles. The van der Waals surface area contributed by atoms with Crippen molar-refractivity contribution in [2.75, 3.05) is 11.9 Å². The van der Waals surface area contributed by atoms with Crippen LogP contribution in [-0.2, 0) is 0 Å². The molecular formula is C17H14N6S. The number of thiocarbonyl (C=S) groups is 1. The number of aromatic nitrogens is 3. The maximum absolute atomic E-state index is 9.30. The van der Waals surface area contributed by atoms with Gasteiger partial charge in [0, 0.05) is 11.9 Å². The number of benzene rings is 1. The molecule has 6 nitrogen and oxygen atoms in total. The lowest BCUT2D eigenvalue weighted by atomic mass is 10.2. The number of hydrogen-bond donors (Lipinski definition) is 2. The summed E-state index contributed by atoms with van der Waals surface area (Å²) in [6.45, 7) is 4.15. The molecule has 0 aliphatic rings. The summed E-state index contributed by atoms with van der Waals surface area (Å²) in [6.07, 6.45) is 3.18. The maximum Gasteiger partial charge on any atom is 0.172 e. The third kappa shape index (κ3) is 3.09. The summed E-state index contributed by atoms with van der Waals surface area (Å²) >= 11 is 5.22. The van der Waals surface area contributed by atoms with E-state index in [1.807, 2.05) is 36.4 Å². The van der Waals surface area contributed by atoms with Gasteiger partial charge in [-0.3, -0.25) is 0 Å². The zero-order valence-corrected chi connectivity index (χ0v) is 13.5. The Bertz CT molecular complexity index is 953. The third-order valence-electron chi connectivity index (χ3n) is 3.33. The molecule has 2 heterocycles. The van der Waals surface area contributed by atoms with Crippen LogP contribution in [0.25, 0.3) is 16.7 Å². The third-order valence-corrected chi connectivity index (χ3v) is 3.58. The van der Waals surface area contributed by atoms with Crippen LogP contribution >= 0.6 is 12.2 Å². The fourth-order valence-electron chi connectivity index (χ4n) is 2.21. The Hall–Kier alpha value is -3.24. The molecule has 0 atom stereocenters. The van der Waals surface area contributed by atoms with E-state index < -0.39 is 0 Å². The second kappa shape index (κ2) is 6.89. The zero-order valence-electron chi connectivity index (χ0n) is 12.7. The van der Waals surface area contributed by atoms with E-state index in [1.54, 1.807) is 10.8 Å². The number of pyridine rings is 1. The average molecular weight is 334 g/mol. The van der Waals surface area contributed by atoms with Gasteiger partial charge in [0.15, 0.2) is 16.7 Å². The fraction of sp³-hybridized carbons (Fsp3) is 0.0588. The van der Waals surface area contributed by atoms with Gasteiger partial charge in [-0.1, -0.05) is 24.3 Å². The van der Waals surface area contributed by atoms with Crippen LogP contribution in [0.2, 0.25) is 0 Å². The van der Waals surface area contributed by atoms with Crippen molar-refractivity contribution in [3.05, 3.63) is 60.8 Å². The first-order valence-electron chi connectivity index (χ1n) is 7.23. The van der Waals surface area contributed by atoms with E-state index in [-0.39, 0.29) is 0 Å². The van der Waals surface area contributed by atoms with E-state index in [0.717, 1.165) is 10.9 Å². The number of hydrogen-bond acceptors (Lipinski definition) is 4. The average Bonchev–Trinajstić information content (AvgIpc) is 3.02. The predicted molar refractivity (Wildman–Crippen MR) is 98.0 cm³/mol. The van der Waals surface area contributed by atoms with Gasteiger partial charge in [-0.2, -0.15) is 15.0 Å². The van der Waals surface area contributed by atoms with Crippen LogP contribution in [0.4, 0.5) is 5.82 Å². The van der Waals surface area contributed by atoms with E-state index in [9.17, 15) is 5.26 Å². The molecule has 0 aliphatic carbocycles. The predicted octanol–water partition coefficient (Wildman–Crippen LogP) is 2.76. The minimum atomic E-state index is 0.382. The Morgan fingerprint density at radius 3 is 2.96 bits per heavy atom. The molecule has 0 saturated carbocycles. The van der Waals surface area contributed by atoms with Crippen LogP contribution < -0.4 is 10.6 Å². The van der Waals surface area contributed by atoms with E-state index in [0.29, 0.717) is 28.9 Å². The number of nitriles is 1. The standard InChI is InChI=1S/C17H14N6S/c1-2-9-19-17(24)22-16-13(10-18)11-20-23(16)15-8-7-12-5-3-4-6-14(12)21-15/h2-8,11H,1,9H2,(H2,19,22,24). The lowest BCUT2D eigenvalue weighted by molar-refractivity contribution is 0.860. The van der Waals surface area contributed by atoms with Gasteiger partial charge in [-0.25, -0.2) is 4.98 Å². The molecule has 0 bridgehead atoms. The van der Waals surface area contributed by atoms with E-state index in [1.165, 1.54) is 6.20 Å². The molecule has 0 amide bonds. The largest absolute Gasteiger partial charge is 0.359 e. The minimum Gasteiger partial charge on any atom is -0.359 e. The van der Waals surface area contributed by atoms with Gasteiger partial charge in [0.05, 0.1) is 11.7 Å². The second-order valence-electron chi connectivity index (χ2n) is 4.92. The SMILES string of the molecule is C=CCNC(=S)Nc1c(C#N)cnn1-c1ccc2ccccc2n1. The molecule has 2 aromatic heterocycles. The molecule has 0 fully saturated rings. The fourth-order valence-corrected chi connectivity index (χ4v) is 2.39. The number of anilines is 1. The first-order valence-corrected chi connectivity index (χ1v) is 7.64. The molecule has 3 aromatic rings. The van der Waals surface area contributed by atoms with Gasteiger partial charge in [-0.15, -0.1) is 6.58 Å². The van der Waals surface area contributed by atoms with Gasteiger partial charge < -0.3 is 10.6 Å². The number of nitrogens with zero attached hydrogens (tertiary/aromatic N) is 4. The highest BCUT2D eigenvalue weighted by Gasteiger charge is 2.14. The lowest BCUT2D eigenvalue weighted by Gasteiger charge is -2.12. The Labute approximate surface area is 144 Å². The molecule has 24 heavy (non-hydrogen) atoms. The van der Waals surface area contributed by atoms with Crippen molar-refractivity contribution in [1.29, 1.82) is 5.26 Å². The molecule has 0 unspecified atom stereocenters. The quantitative estimate of drug-likeness (QED) is 0.564. The summed E-state index contributed by atoms with van der Waals surface area (Å²) in [5.74, 6) is 1.08. The van der Waals surface area contributed by atoms with Crippen molar-refractivity contribution in [2.24, 2.45) is 0 Å². The summed E-state index contributed by atoms with van der Waals surface area (Å²) < 4.78 is 1.56. The zero-order chi connectivity index (χ0) is 16.9.